The summed E-state index contributed by atoms with van der Waals surface area (Å²) in [6.45, 7) is 3.38. The maximum atomic E-state index is 3.59. The van der Waals surface area contributed by atoms with E-state index in [1.165, 1.54) is 37.9 Å². The maximum Gasteiger partial charge on any atom is 0.0364 e. The summed E-state index contributed by atoms with van der Waals surface area (Å²) in [6.07, 6.45) is 5.75. The Labute approximate surface area is 105 Å². The fraction of sp³-hybridized carbons (Fsp3) is 0.600. The molecule has 0 spiro atoms. The van der Waals surface area contributed by atoms with Crippen LogP contribution in [0.25, 0.3) is 0 Å². The lowest BCUT2D eigenvalue weighted by molar-refractivity contribution is 0.492. The first-order valence-corrected chi connectivity index (χ1v) is 6.83. The molecule has 1 aromatic carbocycles. The van der Waals surface area contributed by atoms with E-state index < -0.39 is 0 Å². The van der Waals surface area contributed by atoms with Gasteiger partial charge in [-0.3, -0.25) is 0 Å². The lowest BCUT2D eigenvalue weighted by Crippen LogP contribution is -2.31. The van der Waals surface area contributed by atoms with Gasteiger partial charge >= 0.3 is 0 Å². The molecule has 1 saturated carbocycles. The third-order valence-electron chi connectivity index (χ3n) is 3.73. The highest BCUT2D eigenvalue weighted by molar-refractivity contribution is 5.44. The summed E-state index contributed by atoms with van der Waals surface area (Å²) in [7, 11) is 2.16. The Morgan fingerprint density at radius 3 is 2.59 bits per heavy atom. The molecule has 2 heteroatoms. The van der Waals surface area contributed by atoms with Gasteiger partial charge in [0.15, 0.2) is 0 Å². The molecule has 1 aromatic rings. The molecule has 1 fully saturated rings. The van der Waals surface area contributed by atoms with Crippen LogP contribution in [0.4, 0.5) is 5.69 Å². The Morgan fingerprint density at radius 1 is 1.18 bits per heavy atom. The highest BCUT2D eigenvalue weighted by atomic mass is 15.1. The lowest BCUT2D eigenvalue weighted by atomic mass is 10.1. The second-order valence-corrected chi connectivity index (χ2v) is 5.11. The summed E-state index contributed by atoms with van der Waals surface area (Å²) in [5.74, 6) is 0.942. The van der Waals surface area contributed by atoms with Gasteiger partial charge in [-0.25, -0.2) is 0 Å². The van der Waals surface area contributed by atoms with Crippen LogP contribution in [0.15, 0.2) is 30.3 Å². The van der Waals surface area contributed by atoms with Crippen molar-refractivity contribution in [2.75, 3.05) is 31.6 Å². The molecular weight excluding hydrogens is 208 g/mol. The molecule has 0 atom stereocenters. The monoisotopic (exact) mass is 232 g/mol. The summed E-state index contributed by atoms with van der Waals surface area (Å²) >= 11 is 0. The molecule has 0 saturated heterocycles. The predicted molar refractivity (Wildman–Crippen MR) is 74.5 cm³/mol. The van der Waals surface area contributed by atoms with Gasteiger partial charge in [-0.2, -0.15) is 0 Å². The molecule has 2 rings (SSSR count). The number of nitrogens with one attached hydrogen (secondary N) is 1. The molecule has 1 N–H and O–H groups in total. The highest BCUT2D eigenvalue weighted by Gasteiger charge is 2.13. The van der Waals surface area contributed by atoms with Crippen molar-refractivity contribution in [2.24, 2.45) is 5.92 Å². The van der Waals surface area contributed by atoms with E-state index in [2.05, 4.69) is 47.6 Å². The maximum absolute atomic E-state index is 3.59. The molecule has 0 aromatic heterocycles. The zero-order valence-electron chi connectivity index (χ0n) is 10.9. The van der Waals surface area contributed by atoms with E-state index in [1.54, 1.807) is 0 Å². The van der Waals surface area contributed by atoms with Crippen LogP contribution < -0.4 is 10.2 Å². The van der Waals surface area contributed by atoms with E-state index in [1.807, 2.05) is 0 Å². The van der Waals surface area contributed by atoms with Crippen molar-refractivity contribution in [3.05, 3.63) is 30.3 Å². The third kappa shape index (κ3) is 4.04. The summed E-state index contributed by atoms with van der Waals surface area (Å²) in [5, 5.41) is 3.59. The van der Waals surface area contributed by atoms with E-state index in [-0.39, 0.29) is 0 Å². The number of rotatable bonds is 6. The summed E-state index contributed by atoms with van der Waals surface area (Å²) in [6, 6.07) is 10.6. The summed E-state index contributed by atoms with van der Waals surface area (Å²) in [5.41, 5.74) is 1.30. The molecule has 1 aliphatic carbocycles. The van der Waals surface area contributed by atoms with Gasteiger partial charge in [-0.1, -0.05) is 31.0 Å². The van der Waals surface area contributed by atoms with Gasteiger partial charge in [0, 0.05) is 25.8 Å². The van der Waals surface area contributed by atoms with E-state index in [9.17, 15) is 0 Å². The smallest absolute Gasteiger partial charge is 0.0364 e. The van der Waals surface area contributed by atoms with Gasteiger partial charge in [-0.15, -0.1) is 0 Å². The largest absolute Gasteiger partial charge is 0.373 e. The average molecular weight is 232 g/mol. The van der Waals surface area contributed by atoms with Crippen LogP contribution >= 0.6 is 0 Å². The predicted octanol–water partition coefficient (Wildman–Crippen LogP) is 2.90. The van der Waals surface area contributed by atoms with Crippen molar-refractivity contribution in [3.8, 4) is 0 Å². The van der Waals surface area contributed by atoms with Crippen LogP contribution in [-0.4, -0.2) is 26.7 Å². The SMILES string of the molecule is CN(CCNCC1CCCC1)c1ccccc1. The van der Waals surface area contributed by atoms with E-state index >= 15 is 0 Å². The van der Waals surface area contributed by atoms with Gasteiger partial charge < -0.3 is 10.2 Å². The van der Waals surface area contributed by atoms with Crippen LogP contribution in [0.2, 0.25) is 0 Å². The van der Waals surface area contributed by atoms with Crippen molar-refractivity contribution in [1.29, 1.82) is 0 Å². The van der Waals surface area contributed by atoms with Crippen molar-refractivity contribution < 1.29 is 0 Å². The Hall–Kier alpha value is -1.02. The molecular formula is C15H24N2. The van der Waals surface area contributed by atoms with Crippen LogP contribution in [0, 0.1) is 5.92 Å². The number of para-hydroxylation sites is 1. The second kappa shape index (κ2) is 6.65. The van der Waals surface area contributed by atoms with Crippen molar-refractivity contribution in [1.82, 2.24) is 5.32 Å². The van der Waals surface area contributed by atoms with E-state index in [4.69, 9.17) is 0 Å². The number of hydrogen-bond donors (Lipinski definition) is 1. The van der Waals surface area contributed by atoms with Crippen LogP contribution in [-0.2, 0) is 0 Å². The van der Waals surface area contributed by atoms with Crippen LogP contribution in [0.3, 0.4) is 0 Å². The minimum absolute atomic E-state index is 0.942. The number of benzene rings is 1. The van der Waals surface area contributed by atoms with E-state index in [0.717, 1.165) is 19.0 Å². The number of hydrogen-bond acceptors (Lipinski definition) is 2. The van der Waals surface area contributed by atoms with Crippen LogP contribution in [0.1, 0.15) is 25.7 Å². The van der Waals surface area contributed by atoms with Crippen molar-refractivity contribution in [2.45, 2.75) is 25.7 Å². The molecule has 0 radical (unpaired) electrons. The first-order chi connectivity index (χ1) is 8.36. The van der Waals surface area contributed by atoms with Gasteiger partial charge in [0.05, 0.1) is 0 Å². The second-order valence-electron chi connectivity index (χ2n) is 5.11. The summed E-state index contributed by atoms with van der Waals surface area (Å²) in [4.78, 5) is 2.31. The molecule has 1 aliphatic rings. The van der Waals surface area contributed by atoms with Crippen molar-refractivity contribution >= 4 is 5.69 Å². The minimum atomic E-state index is 0.942. The molecule has 0 heterocycles. The first kappa shape index (κ1) is 12.4. The third-order valence-corrected chi connectivity index (χ3v) is 3.73. The van der Waals surface area contributed by atoms with Gasteiger partial charge in [0.1, 0.15) is 0 Å². The van der Waals surface area contributed by atoms with Crippen molar-refractivity contribution in [3.63, 3.8) is 0 Å². The Balaban J connectivity index is 1.61. The normalized spacial score (nSPS) is 16.3. The number of likely N-dealkylation sites (N-methyl/N-ethyl adjacent to an activating group) is 1. The summed E-state index contributed by atoms with van der Waals surface area (Å²) < 4.78 is 0. The lowest BCUT2D eigenvalue weighted by Gasteiger charge is -2.20. The fourth-order valence-electron chi connectivity index (χ4n) is 2.58. The fourth-order valence-corrected chi connectivity index (χ4v) is 2.58. The number of nitrogens with zero attached hydrogens (tertiary/aromatic N) is 1. The van der Waals surface area contributed by atoms with Gasteiger partial charge in [0.2, 0.25) is 0 Å². The zero-order valence-corrected chi connectivity index (χ0v) is 10.9. The minimum Gasteiger partial charge on any atom is -0.373 e. The quantitative estimate of drug-likeness (QED) is 0.759. The topological polar surface area (TPSA) is 15.3 Å². The molecule has 0 unspecified atom stereocenters. The van der Waals surface area contributed by atoms with Gasteiger partial charge in [-0.05, 0) is 37.4 Å². The molecule has 0 aliphatic heterocycles. The molecule has 17 heavy (non-hydrogen) atoms. The first-order valence-electron chi connectivity index (χ1n) is 6.83. The standard InChI is InChI=1S/C15H24N2/c1-17(15-9-3-2-4-10-15)12-11-16-13-14-7-5-6-8-14/h2-4,9-10,14,16H,5-8,11-13H2,1H3. The zero-order chi connectivity index (χ0) is 11.9. The number of anilines is 1. The molecule has 94 valence electrons. The Bertz CT molecular complexity index is 304. The molecule has 2 nitrogen and oxygen atoms in total. The molecule has 0 amide bonds. The van der Waals surface area contributed by atoms with Crippen LogP contribution in [0.5, 0.6) is 0 Å². The Morgan fingerprint density at radius 2 is 1.88 bits per heavy atom. The van der Waals surface area contributed by atoms with Gasteiger partial charge in [0.25, 0.3) is 0 Å². The highest BCUT2D eigenvalue weighted by Crippen LogP contribution is 2.23. The Kier molecular flexibility index (Phi) is 4.87. The van der Waals surface area contributed by atoms with E-state index in [0.29, 0.717) is 0 Å². The molecule has 0 bridgehead atoms. The average Bonchev–Trinajstić information content (AvgIpc) is 2.88.